The van der Waals surface area contributed by atoms with Gasteiger partial charge in [0, 0.05) is 16.2 Å². The fourth-order valence-electron chi connectivity index (χ4n) is 6.15. The Bertz CT molecular complexity index is 1640. The van der Waals surface area contributed by atoms with E-state index < -0.39 is 0 Å². The van der Waals surface area contributed by atoms with Crippen LogP contribution in [0.15, 0.2) is 53.2 Å². The molecule has 0 bridgehead atoms. The van der Waals surface area contributed by atoms with Crippen molar-refractivity contribution in [1.29, 1.82) is 0 Å². The zero-order valence-corrected chi connectivity index (χ0v) is 21.3. The van der Waals surface area contributed by atoms with E-state index in [1.54, 1.807) is 0 Å². The van der Waals surface area contributed by atoms with Crippen LogP contribution in [-0.4, -0.2) is 4.98 Å². The molecule has 3 nitrogen and oxygen atoms in total. The summed E-state index contributed by atoms with van der Waals surface area (Å²) < 4.78 is 9.06. The molecule has 0 spiro atoms. The summed E-state index contributed by atoms with van der Waals surface area (Å²) in [6.45, 7) is 13.8. The largest absolute Gasteiger partial charge is 0.454 e. The van der Waals surface area contributed by atoms with E-state index in [0.717, 1.165) is 28.1 Å². The molecule has 1 aliphatic rings. The van der Waals surface area contributed by atoms with Crippen LogP contribution in [0.25, 0.3) is 44.0 Å². The van der Waals surface area contributed by atoms with Crippen molar-refractivity contribution in [2.75, 3.05) is 0 Å². The summed E-state index contributed by atoms with van der Waals surface area (Å²) in [4.78, 5) is 4.60. The Kier molecular flexibility index (Phi) is 4.34. The summed E-state index contributed by atoms with van der Waals surface area (Å²) in [7, 11) is 2.08. The molecule has 2 aromatic heterocycles. The standard InChI is InChI=1S/C31H33N2O/c1-18-8-11-21-22-12-9-20-10-13-23-27(31(5,6)15-14-30(23,3)4)26(20)29(22)34-28(21)25(18)24-16-32-19(2)17-33(24)7/h8-13,16-17H,14-15H2,1-7H3/q+1. The molecule has 0 fully saturated rings. The number of aromatic nitrogens is 2. The van der Waals surface area contributed by atoms with Crippen LogP contribution in [0.1, 0.15) is 62.9 Å². The topological polar surface area (TPSA) is 29.9 Å². The summed E-state index contributed by atoms with van der Waals surface area (Å²) in [6, 6.07) is 13.6. The van der Waals surface area contributed by atoms with Crippen LogP contribution < -0.4 is 4.57 Å². The highest BCUT2D eigenvalue weighted by Crippen LogP contribution is 2.50. The third-order valence-electron chi connectivity index (χ3n) is 8.19. The van der Waals surface area contributed by atoms with Crippen LogP contribution in [0.3, 0.4) is 0 Å². The summed E-state index contributed by atoms with van der Waals surface area (Å²) in [5, 5.41) is 4.92. The molecule has 5 aromatic rings. The van der Waals surface area contributed by atoms with Crippen LogP contribution in [0.2, 0.25) is 0 Å². The van der Waals surface area contributed by atoms with Gasteiger partial charge in [0.15, 0.2) is 6.20 Å². The number of fused-ring (bicyclic) bond motifs is 7. The number of furan rings is 1. The summed E-state index contributed by atoms with van der Waals surface area (Å²) >= 11 is 0. The molecule has 0 N–H and O–H groups in total. The van der Waals surface area contributed by atoms with Crippen LogP contribution in [0, 0.1) is 13.8 Å². The van der Waals surface area contributed by atoms with E-state index in [4.69, 9.17) is 4.42 Å². The number of aryl methyl sites for hydroxylation is 3. The highest BCUT2D eigenvalue weighted by Gasteiger charge is 2.39. The zero-order chi connectivity index (χ0) is 24.0. The summed E-state index contributed by atoms with van der Waals surface area (Å²) in [6.07, 6.45) is 6.43. The fourth-order valence-corrected chi connectivity index (χ4v) is 6.15. The van der Waals surface area contributed by atoms with Crippen molar-refractivity contribution in [2.24, 2.45) is 7.05 Å². The molecule has 3 heteroatoms. The second kappa shape index (κ2) is 6.91. The first-order chi connectivity index (χ1) is 16.1. The summed E-state index contributed by atoms with van der Waals surface area (Å²) in [5.74, 6) is 0. The first-order valence-corrected chi connectivity index (χ1v) is 12.3. The molecule has 6 rings (SSSR count). The zero-order valence-electron chi connectivity index (χ0n) is 21.3. The number of nitrogens with zero attached hydrogens (tertiary/aromatic N) is 2. The molecule has 3 aromatic carbocycles. The van der Waals surface area contributed by atoms with Crippen molar-refractivity contribution in [1.82, 2.24) is 4.98 Å². The minimum Gasteiger partial charge on any atom is -0.454 e. The fraction of sp³-hybridized carbons (Fsp3) is 0.355. The van der Waals surface area contributed by atoms with E-state index in [1.807, 2.05) is 13.1 Å². The average Bonchev–Trinajstić information content (AvgIpc) is 3.16. The third kappa shape index (κ3) is 2.89. The lowest BCUT2D eigenvalue weighted by Crippen LogP contribution is -2.34. The van der Waals surface area contributed by atoms with E-state index in [2.05, 4.69) is 93.8 Å². The van der Waals surface area contributed by atoms with Gasteiger partial charge in [-0.25, -0.2) is 4.98 Å². The van der Waals surface area contributed by atoms with Gasteiger partial charge in [-0.1, -0.05) is 58.0 Å². The predicted octanol–water partition coefficient (Wildman–Crippen LogP) is 7.59. The number of hydrogen-bond donors (Lipinski definition) is 0. The first kappa shape index (κ1) is 21.3. The van der Waals surface area contributed by atoms with Gasteiger partial charge in [0.25, 0.3) is 0 Å². The SMILES string of the molecule is Cc1c[n+](C)c(-c2c(C)ccc3c2oc2c3ccc3ccc4c(c32)C(C)(C)CCC4(C)C)cn1. The van der Waals surface area contributed by atoms with Gasteiger partial charge in [-0.15, -0.1) is 0 Å². The van der Waals surface area contributed by atoms with Crippen molar-refractivity contribution in [2.45, 2.75) is 65.2 Å². The molecule has 0 unspecified atom stereocenters. The van der Waals surface area contributed by atoms with E-state index in [-0.39, 0.29) is 10.8 Å². The highest BCUT2D eigenvalue weighted by molar-refractivity contribution is 6.18. The molecule has 0 saturated carbocycles. The van der Waals surface area contributed by atoms with Crippen molar-refractivity contribution in [3.63, 3.8) is 0 Å². The Morgan fingerprint density at radius 1 is 0.853 bits per heavy atom. The Balaban J connectivity index is 1.78. The van der Waals surface area contributed by atoms with Gasteiger partial charge in [-0.05, 0) is 65.7 Å². The Labute approximate surface area is 201 Å². The second-order valence-electron chi connectivity index (χ2n) is 11.6. The number of benzene rings is 3. The minimum atomic E-state index is 0.101. The van der Waals surface area contributed by atoms with E-state index in [9.17, 15) is 0 Å². The maximum absolute atomic E-state index is 6.90. The Morgan fingerprint density at radius 2 is 1.53 bits per heavy atom. The van der Waals surface area contributed by atoms with Crippen molar-refractivity contribution < 1.29 is 8.98 Å². The van der Waals surface area contributed by atoms with Gasteiger partial charge in [0.1, 0.15) is 23.9 Å². The van der Waals surface area contributed by atoms with E-state index >= 15 is 0 Å². The van der Waals surface area contributed by atoms with Gasteiger partial charge in [0.2, 0.25) is 5.69 Å². The average molecular weight is 450 g/mol. The minimum absolute atomic E-state index is 0.101. The monoisotopic (exact) mass is 449 g/mol. The lowest BCUT2D eigenvalue weighted by Gasteiger charge is -2.42. The smallest absolute Gasteiger partial charge is 0.234 e. The Hall–Kier alpha value is -3.20. The molecule has 0 saturated heterocycles. The first-order valence-electron chi connectivity index (χ1n) is 12.3. The number of rotatable bonds is 1. The Morgan fingerprint density at radius 3 is 2.29 bits per heavy atom. The van der Waals surface area contributed by atoms with Gasteiger partial charge in [0.05, 0.1) is 11.8 Å². The van der Waals surface area contributed by atoms with Crippen LogP contribution in [-0.2, 0) is 17.9 Å². The predicted molar refractivity (Wildman–Crippen MR) is 140 cm³/mol. The van der Waals surface area contributed by atoms with Gasteiger partial charge in [-0.3, -0.25) is 0 Å². The number of hydrogen-bond acceptors (Lipinski definition) is 2. The van der Waals surface area contributed by atoms with Crippen molar-refractivity contribution in [3.8, 4) is 11.3 Å². The normalized spacial score (nSPS) is 16.9. The molecule has 0 atom stereocenters. The highest BCUT2D eigenvalue weighted by atomic mass is 16.3. The molecule has 0 aliphatic heterocycles. The van der Waals surface area contributed by atoms with Gasteiger partial charge in [-0.2, -0.15) is 4.57 Å². The molecule has 0 radical (unpaired) electrons. The second-order valence-corrected chi connectivity index (χ2v) is 11.6. The van der Waals surface area contributed by atoms with Gasteiger partial charge < -0.3 is 4.42 Å². The molecular weight excluding hydrogens is 416 g/mol. The molecule has 2 heterocycles. The van der Waals surface area contributed by atoms with Crippen LogP contribution >= 0.6 is 0 Å². The van der Waals surface area contributed by atoms with Crippen molar-refractivity contribution in [3.05, 3.63) is 71.2 Å². The quantitative estimate of drug-likeness (QED) is 0.247. The van der Waals surface area contributed by atoms with Gasteiger partial charge >= 0.3 is 0 Å². The van der Waals surface area contributed by atoms with E-state index in [0.29, 0.717) is 0 Å². The molecule has 0 amide bonds. The van der Waals surface area contributed by atoms with Crippen LogP contribution in [0.4, 0.5) is 0 Å². The summed E-state index contributed by atoms with van der Waals surface area (Å²) in [5.41, 5.74) is 9.56. The lowest BCUT2D eigenvalue weighted by atomic mass is 9.62. The van der Waals surface area contributed by atoms with E-state index in [1.165, 1.54) is 51.1 Å². The van der Waals surface area contributed by atoms with Crippen molar-refractivity contribution >= 4 is 32.7 Å². The molecule has 1 aliphatic carbocycles. The maximum atomic E-state index is 6.90. The van der Waals surface area contributed by atoms with Crippen LogP contribution in [0.5, 0.6) is 0 Å². The maximum Gasteiger partial charge on any atom is 0.234 e. The lowest BCUT2D eigenvalue weighted by molar-refractivity contribution is -0.661. The third-order valence-corrected chi connectivity index (χ3v) is 8.19. The molecule has 172 valence electrons. The molecule has 34 heavy (non-hydrogen) atoms. The molecular formula is C31H33N2O+.